The molecule has 8 nitrogen and oxygen atoms in total. The fraction of sp³-hybridized carbons (Fsp3) is 0.444. The topological polar surface area (TPSA) is 102 Å². The lowest BCUT2D eigenvalue weighted by Gasteiger charge is -2.09. The van der Waals surface area contributed by atoms with E-state index >= 15 is 0 Å². The van der Waals surface area contributed by atoms with Crippen LogP contribution in [-0.2, 0) is 11.3 Å². The summed E-state index contributed by atoms with van der Waals surface area (Å²) in [6, 6.07) is 1.34. The van der Waals surface area contributed by atoms with Crippen LogP contribution in [0.4, 0.5) is 4.79 Å². The van der Waals surface area contributed by atoms with E-state index in [9.17, 15) is 9.59 Å². The third-order valence-corrected chi connectivity index (χ3v) is 4.69. The number of amides is 3. The predicted molar refractivity (Wildman–Crippen MR) is 104 cm³/mol. The number of rotatable bonds is 9. The van der Waals surface area contributed by atoms with E-state index in [0.717, 1.165) is 17.7 Å². The summed E-state index contributed by atoms with van der Waals surface area (Å²) in [7, 11) is 0. The second kappa shape index (κ2) is 9.96. The minimum atomic E-state index is -0.483. The van der Waals surface area contributed by atoms with Crippen molar-refractivity contribution in [2.75, 3.05) is 12.3 Å². The highest BCUT2D eigenvalue weighted by Crippen LogP contribution is 2.26. The van der Waals surface area contributed by atoms with Crippen molar-refractivity contribution in [2.45, 2.75) is 38.9 Å². The summed E-state index contributed by atoms with van der Waals surface area (Å²) in [6.07, 6.45) is 4.18. The molecule has 0 saturated heterocycles. The quantitative estimate of drug-likeness (QED) is 0.503. The summed E-state index contributed by atoms with van der Waals surface area (Å²) in [5, 5.41) is 13.9. The zero-order valence-corrected chi connectivity index (χ0v) is 16.6. The number of carbonyl (C=O) groups is 2. The van der Waals surface area contributed by atoms with Crippen LogP contribution in [-0.4, -0.2) is 39.0 Å². The normalized spacial score (nSPS) is 10.8. The van der Waals surface area contributed by atoms with Gasteiger partial charge in [0.15, 0.2) is 11.0 Å². The number of imide groups is 1. The zero-order valence-electron chi connectivity index (χ0n) is 15.8. The second-order valence-electron chi connectivity index (χ2n) is 6.37. The van der Waals surface area contributed by atoms with Crippen molar-refractivity contribution < 1.29 is 14.0 Å². The largest absolute Gasteiger partial charge is 0.469 e. The van der Waals surface area contributed by atoms with E-state index in [0.29, 0.717) is 30.0 Å². The highest BCUT2D eigenvalue weighted by atomic mass is 32.2. The van der Waals surface area contributed by atoms with Crippen molar-refractivity contribution in [3.63, 3.8) is 0 Å². The number of hydrogen-bond acceptors (Lipinski definition) is 6. The lowest BCUT2D eigenvalue weighted by atomic mass is 10.1. The van der Waals surface area contributed by atoms with Crippen LogP contribution in [0, 0.1) is 12.8 Å². The molecule has 0 unspecified atom stereocenters. The van der Waals surface area contributed by atoms with Crippen LogP contribution in [0.25, 0.3) is 11.4 Å². The van der Waals surface area contributed by atoms with Crippen molar-refractivity contribution in [3.05, 3.63) is 30.7 Å². The molecule has 0 fully saturated rings. The fourth-order valence-electron chi connectivity index (χ4n) is 2.32. The molecule has 2 rings (SSSR count). The van der Waals surface area contributed by atoms with Gasteiger partial charge in [0, 0.05) is 13.1 Å². The van der Waals surface area contributed by atoms with Gasteiger partial charge in [0.1, 0.15) is 5.76 Å². The molecule has 0 radical (unpaired) electrons. The van der Waals surface area contributed by atoms with E-state index in [1.165, 1.54) is 11.8 Å². The Bertz CT molecular complexity index is 797. The van der Waals surface area contributed by atoms with Gasteiger partial charge in [-0.15, -0.1) is 16.8 Å². The van der Waals surface area contributed by atoms with Crippen LogP contribution in [0.3, 0.4) is 0 Å². The van der Waals surface area contributed by atoms with Gasteiger partial charge in [-0.25, -0.2) is 4.79 Å². The van der Waals surface area contributed by atoms with E-state index in [1.54, 1.807) is 12.3 Å². The number of nitrogens with zero attached hydrogens (tertiary/aromatic N) is 3. The summed E-state index contributed by atoms with van der Waals surface area (Å²) in [5.41, 5.74) is 0.838. The molecule has 2 aromatic rings. The minimum absolute atomic E-state index is 0.0528. The highest BCUT2D eigenvalue weighted by Gasteiger charge is 2.18. The van der Waals surface area contributed by atoms with Crippen molar-refractivity contribution in [3.8, 4) is 11.4 Å². The van der Waals surface area contributed by atoms with Crippen molar-refractivity contribution >= 4 is 23.7 Å². The van der Waals surface area contributed by atoms with E-state index in [2.05, 4.69) is 41.3 Å². The average Bonchev–Trinajstić information content (AvgIpc) is 3.19. The molecule has 0 aromatic carbocycles. The van der Waals surface area contributed by atoms with Crippen molar-refractivity contribution in [1.82, 2.24) is 25.4 Å². The second-order valence-corrected chi connectivity index (χ2v) is 7.31. The third-order valence-electron chi connectivity index (χ3n) is 3.72. The van der Waals surface area contributed by atoms with Crippen LogP contribution in [0.15, 0.2) is 34.6 Å². The Balaban J connectivity index is 1.94. The molecule has 9 heteroatoms. The Kier molecular flexibility index (Phi) is 7.66. The van der Waals surface area contributed by atoms with Gasteiger partial charge in [-0.3, -0.25) is 14.7 Å². The summed E-state index contributed by atoms with van der Waals surface area (Å²) >= 11 is 1.21. The summed E-state index contributed by atoms with van der Waals surface area (Å²) in [6.45, 7) is 10.8. The first-order chi connectivity index (χ1) is 12.9. The lowest BCUT2D eigenvalue weighted by molar-refractivity contribution is -0.117. The lowest BCUT2D eigenvalue weighted by Crippen LogP contribution is -2.40. The Morgan fingerprint density at radius 2 is 2.19 bits per heavy atom. The van der Waals surface area contributed by atoms with Gasteiger partial charge in [0.2, 0.25) is 5.91 Å². The Hall–Kier alpha value is -2.55. The smallest absolute Gasteiger partial charge is 0.321 e. The molecule has 2 aromatic heterocycles. The molecule has 3 amide bonds. The third kappa shape index (κ3) is 5.99. The molecular formula is C18H25N5O3S. The molecule has 0 aliphatic carbocycles. The molecule has 27 heavy (non-hydrogen) atoms. The van der Waals surface area contributed by atoms with E-state index in [1.807, 2.05) is 17.6 Å². The number of aryl methyl sites for hydroxylation is 1. The van der Waals surface area contributed by atoms with Crippen LogP contribution < -0.4 is 10.6 Å². The van der Waals surface area contributed by atoms with Gasteiger partial charge in [0.25, 0.3) is 0 Å². The maximum Gasteiger partial charge on any atom is 0.321 e. The minimum Gasteiger partial charge on any atom is -0.469 e. The summed E-state index contributed by atoms with van der Waals surface area (Å²) in [4.78, 5) is 23.7. The zero-order chi connectivity index (χ0) is 19.8. The molecular weight excluding hydrogens is 366 g/mol. The van der Waals surface area contributed by atoms with Gasteiger partial charge in [0.05, 0.1) is 17.6 Å². The number of aromatic nitrogens is 3. The van der Waals surface area contributed by atoms with Gasteiger partial charge >= 0.3 is 6.03 Å². The summed E-state index contributed by atoms with van der Waals surface area (Å²) < 4.78 is 7.18. The molecule has 2 heterocycles. The van der Waals surface area contributed by atoms with Gasteiger partial charge in [-0.2, -0.15) is 0 Å². The molecule has 0 atom stereocenters. The highest BCUT2D eigenvalue weighted by molar-refractivity contribution is 7.99. The first-order valence-corrected chi connectivity index (χ1v) is 9.70. The molecule has 0 saturated carbocycles. The average molecular weight is 391 g/mol. The standard InChI is InChI=1S/C18H25N5O3S/c1-5-9-23-16(14-7-10-26-13(14)4)21-22-18(23)27-11-15(24)20-17(25)19-8-6-12(2)3/h5,7,10,12H,1,6,8-9,11H2,2-4H3,(H2,19,20,24,25). The fourth-order valence-corrected chi connectivity index (χ4v) is 3.06. The summed E-state index contributed by atoms with van der Waals surface area (Å²) in [5.74, 6) is 1.53. The predicted octanol–water partition coefficient (Wildman–Crippen LogP) is 3.00. The van der Waals surface area contributed by atoms with Crippen LogP contribution in [0.5, 0.6) is 0 Å². The van der Waals surface area contributed by atoms with Crippen LogP contribution in [0.2, 0.25) is 0 Å². The molecule has 0 spiro atoms. The Morgan fingerprint density at radius 1 is 1.41 bits per heavy atom. The number of nitrogens with one attached hydrogen (secondary N) is 2. The Morgan fingerprint density at radius 3 is 2.81 bits per heavy atom. The first-order valence-electron chi connectivity index (χ1n) is 8.71. The maximum absolute atomic E-state index is 12.0. The monoisotopic (exact) mass is 391 g/mol. The number of thioether (sulfide) groups is 1. The molecule has 2 N–H and O–H groups in total. The van der Waals surface area contributed by atoms with Crippen molar-refractivity contribution in [2.24, 2.45) is 5.92 Å². The number of carbonyl (C=O) groups excluding carboxylic acids is 2. The molecule has 0 aliphatic rings. The van der Waals surface area contributed by atoms with Gasteiger partial charge < -0.3 is 9.73 Å². The van der Waals surface area contributed by atoms with Crippen LogP contribution in [0.1, 0.15) is 26.0 Å². The molecule has 146 valence electrons. The first kappa shape index (κ1) is 20.8. The molecule has 0 aliphatic heterocycles. The number of allylic oxidation sites excluding steroid dienone is 1. The molecule has 0 bridgehead atoms. The van der Waals surface area contributed by atoms with Crippen molar-refractivity contribution in [1.29, 1.82) is 0 Å². The SMILES string of the molecule is C=CCn1c(SCC(=O)NC(=O)NCCC(C)C)nnc1-c1ccoc1C. The van der Waals surface area contributed by atoms with E-state index in [-0.39, 0.29) is 5.75 Å². The number of hydrogen-bond donors (Lipinski definition) is 2. The van der Waals surface area contributed by atoms with Crippen LogP contribution >= 0.6 is 11.8 Å². The number of urea groups is 1. The maximum atomic E-state index is 12.0. The van der Waals surface area contributed by atoms with E-state index in [4.69, 9.17) is 4.42 Å². The van der Waals surface area contributed by atoms with Gasteiger partial charge in [-0.05, 0) is 25.3 Å². The van der Waals surface area contributed by atoms with E-state index < -0.39 is 11.9 Å². The number of furan rings is 1. The Labute approximate surface area is 162 Å². The van der Waals surface area contributed by atoms with Gasteiger partial charge in [-0.1, -0.05) is 31.7 Å².